The Morgan fingerprint density at radius 3 is 3.00 bits per heavy atom. The maximum absolute atomic E-state index is 6.11. The molecular weight excluding hydrogens is 242 g/mol. The van der Waals surface area contributed by atoms with Crippen LogP contribution in [0.25, 0.3) is 0 Å². The minimum absolute atomic E-state index is 0.239. The third-order valence-corrected chi connectivity index (χ3v) is 3.93. The molecule has 1 nitrogen and oxygen atoms in total. The zero-order valence-corrected chi connectivity index (χ0v) is 11.8. The standard InChI is InChI=1S/C16H20ClN/c1-4-5-6-9-18-15-14-10-13(17)8-7-12(14)11-16(15,2)3/h1,7-8,10,15,18H,5-6,9,11H2,2-3H3. The van der Waals surface area contributed by atoms with Crippen LogP contribution in [0.3, 0.4) is 0 Å². The van der Waals surface area contributed by atoms with Crippen molar-refractivity contribution in [2.45, 2.75) is 39.2 Å². The van der Waals surface area contributed by atoms with Gasteiger partial charge in [-0.25, -0.2) is 0 Å². The van der Waals surface area contributed by atoms with Gasteiger partial charge in [-0.15, -0.1) is 12.3 Å². The Hall–Kier alpha value is -0.970. The van der Waals surface area contributed by atoms with E-state index in [0.717, 1.165) is 30.8 Å². The van der Waals surface area contributed by atoms with Crippen molar-refractivity contribution in [2.75, 3.05) is 6.54 Å². The van der Waals surface area contributed by atoms with Gasteiger partial charge in [0, 0.05) is 17.5 Å². The van der Waals surface area contributed by atoms with E-state index in [9.17, 15) is 0 Å². The Morgan fingerprint density at radius 2 is 2.28 bits per heavy atom. The molecule has 0 saturated heterocycles. The maximum atomic E-state index is 6.11. The monoisotopic (exact) mass is 261 g/mol. The van der Waals surface area contributed by atoms with Gasteiger partial charge in [0.1, 0.15) is 0 Å². The highest BCUT2D eigenvalue weighted by Gasteiger charge is 2.38. The van der Waals surface area contributed by atoms with Crippen molar-refractivity contribution < 1.29 is 0 Å². The lowest BCUT2D eigenvalue weighted by Gasteiger charge is -2.28. The van der Waals surface area contributed by atoms with Gasteiger partial charge in [-0.1, -0.05) is 31.5 Å². The molecule has 0 heterocycles. The fourth-order valence-corrected chi connectivity index (χ4v) is 3.01. The van der Waals surface area contributed by atoms with E-state index in [0.29, 0.717) is 6.04 Å². The highest BCUT2D eigenvalue weighted by molar-refractivity contribution is 6.30. The van der Waals surface area contributed by atoms with E-state index in [4.69, 9.17) is 18.0 Å². The fourth-order valence-electron chi connectivity index (χ4n) is 2.83. The second kappa shape index (κ2) is 5.34. The van der Waals surface area contributed by atoms with Crippen molar-refractivity contribution >= 4 is 11.6 Å². The smallest absolute Gasteiger partial charge is 0.0409 e. The Morgan fingerprint density at radius 1 is 1.50 bits per heavy atom. The van der Waals surface area contributed by atoms with Crippen LogP contribution in [0, 0.1) is 17.8 Å². The first-order chi connectivity index (χ1) is 8.54. The Labute approximate surface area is 115 Å². The van der Waals surface area contributed by atoms with E-state index < -0.39 is 0 Å². The van der Waals surface area contributed by atoms with E-state index in [2.05, 4.69) is 37.2 Å². The van der Waals surface area contributed by atoms with Crippen molar-refractivity contribution in [3.05, 3.63) is 34.3 Å². The SMILES string of the molecule is C#CCCCNC1c2cc(Cl)ccc2CC1(C)C. The van der Waals surface area contributed by atoms with Gasteiger partial charge >= 0.3 is 0 Å². The van der Waals surface area contributed by atoms with Crippen molar-refractivity contribution in [1.29, 1.82) is 0 Å². The third-order valence-electron chi connectivity index (χ3n) is 3.69. The van der Waals surface area contributed by atoms with Crippen LogP contribution < -0.4 is 5.32 Å². The van der Waals surface area contributed by atoms with Gasteiger partial charge in [0.2, 0.25) is 0 Å². The lowest BCUT2D eigenvalue weighted by atomic mass is 9.85. The van der Waals surface area contributed by atoms with Crippen LogP contribution in [-0.4, -0.2) is 6.54 Å². The first-order valence-electron chi connectivity index (χ1n) is 6.50. The predicted molar refractivity (Wildman–Crippen MR) is 77.7 cm³/mol. The minimum atomic E-state index is 0.239. The van der Waals surface area contributed by atoms with Gasteiger partial charge in [0.15, 0.2) is 0 Å². The van der Waals surface area contributed by atoms with Gasteiger partial charge < -0.3 is 5.32 Å². The van der Waals surface area contributed by atoms with Crippen molar-refractivity contribution in [3.8, 4) is 12.3 Å². The lowest BCUT2D eigenvalue weighted by Crippen LogP contribution is -2.31. The number of unbranched alkanes of at least 4 members (excludes halogenated alkanes) is 1. The minimum Gasteiger partial charge on any atom is -0.309 e. The molecule has 1 aromatic rings. The number of fused-ring (bicyclic) bond motifs is 1. The van der Waals surface area contributed by atoms with Crippen LogP contribution in [0.4, 0.5) is 0 Å². The summed E-state index contributed by atoms with van der Waals surface area (Å²) in [5.41, 5.74) is 3.01. The van der Waals surface area contributed by atoms with Crippen LogP contribution in [0.15, 0.2) is 18.2 Å². The molecule has 2 rings (SSSR count). The molecule has 1 unspecified atom stereocenters. The summed E-state index contributed by atoms with van der Waals surface area (Å²) in [6.45, 7) is 5.57. The molecule has 1 N–H and O–H groups in total. The number of rotatable bonds is 4. The highest BCUT2D eigenvalue weighted by atomic mass is 35.5. The van der Waals surface area contributed by atoms with Gasteiger partial charge in [0.25, 0.3) is 0 Å². The molecule has 96 valence electrons. The van der Waals surface area contributed by atoms with Gasteiger partial charge in [-0.05, 0) is 48.1 Å². The first-order valence-corrected chi connectivity index (χ1v) is 6.87. The zero-order valence-electron chi connectivity index (χ0n) is 11.1. The van der Waals surface area contributed by atoms with Gasteiger partial charge in [0.05, 0.1) is 0 Å². The molecule has 0 fully saturated rings. The number of nitrogens with one attached hydrogen (secondary N) is 1. The first kappa shape index (κ1) is 13.5. The van der Waals surface area contributed by atoms with Gasteiger partial charge in [-0.3, -0.25) is 0 Å². The van der Waals surface area contributed by atoms with E-state index in [1.54, 1.807) is 0 Å². The fraction of sp³-hybridized carbons (Fsp3) is 0.500. The summed E-state index contributed by atoms with van der Waals surface area (Å²) in [5, 5.41) is 4.46. The van der Waals surface area contributed by atoms with Crippen LogP contribution in [0.1, 0.15) is 43.9 Å². The second-order valence-electron chi connectivity index (χ2n) is 5.70. The molecule has 2 heteroatoms. The number of hydrogen-bond acceptors (Lipinski definition) is 1. The number of benzene rings is 1. The Kier molecular flexibility index (Phi) is 4.00. The third kappa shape index (κ3) is 2.71. The molecule has 18 heavy (non-hydrogen) atoms. The second-order valence-corrected chi connectivity index (χ2v) is 6.14. The average Bonchev–Trinajstić information content (AvgIpc) is 2.55. The molecule has 1 aliphatic carbocycles. The van der Waals surface area contributed by atoms with E-state index in [-0.39, 0.29) is 5.41 Å². The Bertz CT molecular complexity index is 470. The topological polar surface area (TPSA) is 12.0 Å². The van der Waals surface area contributed by atoms with Crippen LogP contribution in [0.2, 0.25) is 5.02 Å². The Balaban J connectivity index is 2.13. The molecule has 0 bridgehead atoms. The highest BCUT2D eigenvalue weighted by Crippen LogP contribution is 2.45. The molecular formula is C16H20ClN. The number of terminal acetylenes is 1. The summed E-state index contributed by atoms with van der Waals surface area (Å²) in [5.74, 6) is 2.68. The van der Waals surface area contributed by atoms with E-state index in [1.165, 1.54) is 11.1 Å². The number of hydrogen-bond donors (Lipinski definition) is 1. The molecule has 1 aliphatic rings. The van der Waals surface area contributed by atoms with Crippen molar-refractivity contribution in [2.24, 2.45) is 5.41 Å². The molecule has 1 atom stereocenters. The normalized spacial score (nSPS) is 20.4. The molecule has 0 aliphatic heterocycles. The van der Waals surface area contributed by atoms with Crippen LogP contribution in [0.5, 0.6) is 0 Å². The quantitative estimate of drug-likeness (QED) is 0.639. The molecule has 0 aromatic heterocycles. The molecule has 0 saturated carbocycles. The largest absolute Gasteiger partial charge is 0.309 e. The summed E-state index contributed by atoms with van der Waals surface area (Å²) < 4.78 is 0. The van der Waals surface area contributed by atoms with E-state index >= 15 is 0 Å². The summed E-state index contributed by atoms with van der Waals surface area (Å²) in [7, 11) is 0. The lowest BCUT2D eigenvalue weighted by molar-refractivity contribution is 0.269. The maximum Gasteiger partial charge on any atom is 0.0409 e. The number of halogens is 1. The summed E-state index contributed by atoms with van der Waals surface area (Å²) in [6, 6.07) is 6.62. The molecule has 0 amide bonds. The average molecular weight is 262 g/mol. The van der Waals surface area contributed by atoms with Gasteiger partial charge in [-0.2, -0.15) is 0 Å². The summed E-state index contributed by atoms with van der Waals surface area (Å²) >= 11 is 6.11. The summed E-state index contributed by atoms with van der Waals surface area (Å²) in [4.78, 5) is 0. The molecule has 0 radical (unpaired) electrons. The van der Waals surface area contributed by atoms with Crippen molar-refractivity contribution in [1.82, 2.24) is 5.32 Å². The molecule has 1 aromatic carbocycles. The van der Waals surface area contributed by atoms with Crippen molar-refractivity contribution in [3.63, 3.8) is 0 Å². The zero-order chi connectivity index (χ0) is 13.2. The summed E-state index contributed by atoms with van der Waals surface area (Å²) in [6.07, 6.45) is 8.24. The van der Waals surface area contributed by atoms with Crippen LogP contribution >= 0.6 is 11.6 Å². The molecule has 0 spiro atoms. The van der Waals surface area contributed by atoms with Crippen LogP contribution in [-0.2, 0) is 6.42 Å². The van der Waals surface area contributed by atoms with E-state index in [1.807, 2.05) is 6.07 Å². The predicted octanol–water partition coefficient (Wildman–Crippen LogP) is 3.97.